The van der Waals surface area contributed by atoms with Crippen LogP contribution in [0.3, 0.4) is 0 Å². The Morgan fingerprint density at radius 2 is 1.73 bits per heavy atom. The van der Waals surface area contributed by atoms with Crippen LogP contribution in [-0.2, 0) is 9.59 Å². The average molecular weight is 440 g/mol. The van der Waals surface area contributed by atoms with Gasteiger partial charge in [-0.3, -0.25) is 9.59 Å². The van der Waals surface area contributed by atoms with E-state index >= 15 is 0 Å². The molecule has 0 aliphatic heterocycles. The third kappa shape index (κ3) is 5.07. The summed E-state index contributed by atoms with van der Waals surface area (Å²) in [5.41, 5.74) is 9.03. The van der Waals surface area contributed by atoms with Crippen LogP contribution in [0, 0.1) is 5.92 Å². The van der Waals surface area contributed by atoms with E-state index in [0.717, 1.165) is 33.3 Å². The summed E-state index contributed by atoms with van der Waals surface area (Å²) >= 11 is 0. The lowest BCUT2D eigenvalue weighted by Gasteiger charge is -2.13. The van der Waals surface area contributed by atoms with Crippen LogP contribution < -0.4 is 5.73 Å². The van der Waals surface area contributed by atoms with E-state index < -0.39 is 17.9 Å². The second-order valence-electron chi connectivity index (χ2n) is 8.12. The SMILES string of the molecule is CC(CC(=O)C=Cc1cn(-c2ccccc2)nc1-c1ccc2ccccc2c1)[C@H](N)C(=O)O. The summed E-state index contributed by atoms with van der Waals surface area (Å²) in [6.07, 6.45) is 5.15. The lowest BCUT2D eigenvalue weighted by Crippen LogP contribution is -2.37. The molecule has 1 aromatic heterocycles. The molecule has 33 heavy (non-hydrogen) atoms. The molecule has 0 fully saturated rings. The molecule has 0 aliphatic carbocycles. The smallest absolute Gasteiger partial charge is 0.320 e. The molecule has 0 aliphatic rings. The first-order chi connectivity index (χ1) is 15.9. The molecule has 3 aromatic carbocycles. The summed E-state index contributed by atoms with van der Waals surface area (Å²) in [6, 6.07) is 23.0. The van der Waals surface area contributed by atoms with Crippen LogP contribution in [0.25, 0.3) is 33.8 Å². The second kappa shape index (κ2) is 9.63. The van der Waals surface area contributed by atoms with Gasteiger partial charge >= 0.3 is 5.97 Å². The Hall–Kier alpha value is -4.03. The molecule has 6 nitrogen and oxygen atoms in total. The number of rotatable bonds is 8. The van der Waals surface area contributed by atoms with Crippen LogP contribution in [0.15, 0.2) is 85.1 Å². The third-order valence-corrected chi connectivity index (χ3v) is 5.66. The molecule has 3 N–H and O–H groups in total. The first-order valence-corrected chi connectivity index (χ1v) is 10.8. The Labute approximate surface area is 192 Å². The summed E-state index contributed by atoms with van der Waals surface area (Å²) in [5, 5.41) is 16.1. The molecule has 4 rings (SSSR count). The van der Waals surface area contributed by atoms with Crippen molar-refractivity contribution in [2.45, 2.75) is 19.4 Å². The van der Waals surface area contributed by atoms with E-state index in [0.29, 0.717) is 0 Å². The summed E-state index contributed by atoms with van der Waals surface area (Å²) in [7, 11) is 0. The van der Waals surface area contributed by atoms with Gasteiger partial charge in [-0.1, -0.05) is 61.5 Å². The van der Waals surface area contributed by atoms with Crippen LogP contribution in [-0.4, -0.2) is 32.7 Å². The Morgan fingerprint density at radius 3 is 2.45 bits per heavy atom. The van der Waals surface area contributed by atoms with Crippen molar-refractivity contribution in [2.75, 3.05) is 0 Å². The van der Waals surface area contributed by atoms with E-state index in [2.05, 4.69) is 24.3 Å². The van der Waals surface area contributed by atoms with Gasteiger partial charge in [0, 0.05) is 23.7 Å². The third-order valence-electron chi connectivity index (χ3n) is 5.66. The van der Waals surface area contributed by atoms with Gasteiger partial charge in [0.1, 0.15) is 6.04 Å². The maximum atomic E-state index is 12.5. The minimum Gasteiger partial charge on any atom is -0.480 e. The number of carboxylic acids is 1. The maximum Gasteiger partial charge on any atom is 0.320 e. The van der Waals surface area contributed by atoms with Gasteiger partial charge < -0.3 is 10.8 Å². The number of carboxylic acid groups (broad SMARTS) is 1. The van der Waals surface area contributed by atoms with Crippen molar-refractivity contribution in [1.29, 1.82) is 0 Å². The van der Waals surface area contributed by atoms with Gasteiger partial charge in [-0.2, -0.15) is 5.10 Å². The van der Waals surface area contributed by atoms with Crippen molar-refractivity contribution in [3.05, 3.63) is 90.6 Å². The zero-order valence-electron chi connectivity index (χ0n) is 18.3. The standard InChI is InChI=1S/C27H25N3O3/c1-18(25(28)27(32)33)15-24(31)14-13-22-17-30(23-9-3-2-4-10-23)29-26(22)21-12-11-19-7-5-6-8-20(19)16-21/h2-14,16-18,25H,15,28H2,1H3,(H,32,33)/t18?,25-/m0/s1. The second-order valence-corrected chi connectivity index (χ2v) is 8.12. The van der Waals surface area contributed by atoms with Gasteiger partial charge in [0.05, 0.1) is 11.4 Å². The molecule has 1 heterocycles. The Bertz CT molecular complexity index is 1320. The topological polar surface area (TPSA) is 98.2 Å². The lowest BCUT2D eigenvalue weighted by atomic mass is 9.96. The number of benzene rings is 3. The predicted molar refractivity (Wildman–Crippen MR) is 130 cm³/mol. The molecule has 0 radical (unpaired) electrons. The molecule has 166 valence electrons. The van der Waals surface area contributed by atoms with E-state index in [4.69, 9.17) is 15.9 Å². The fourth-order valence-electron chi connectivity index (χ4n) is 3.72. The molecule has 0 saturated carbocycles. The van der Waals surface area contributed by atoms with Crippen molar-refractivity contribution in [3.8, 4) is 16.9 Å². The number of carbonyl (C=O) groups is 2. The van der Waals surface area contributed by atoms with Gasteiger partial charge in [0.25, 0.3) is 0 Å². The van der Waals surface area contributed by atoms with E-state index in [-0.39, 0.29) is 12.2 Å². The molecule has 0 spiro atoms. The first-order valence-electron chi connectivity index (χ1n) is 10.8. The van der Waals surface area contributed by atoms with Gasteiger partial charge in [-0.25, -0.2) is 4.68 Å². The lowest BCUT2D eigenvalue weighted by molar-refractivity contribution is -0.139. The van der Waals surface area contributed by atoms with Crippen molar-refractivity contribution >= 4 is 28.6 Å². The highest BCUT2D eigenvalue weighted by Crippen LogP contribution is 2.28. The summed E-state index contributed by atoms with van der Waals surface area (Å²) in [4.78, 5) is 23.6. The van der Waals surface area contributed by atoms with Gasteiger partial charge in [0.15, 0.2) is 5.78 Å². The van der Waals surface area contributed by atoms with Crippen LogP contribution in [0.1, 0.15) is 18.9 Å². The Kier molecular flexibility index (Phi) is 6.47. The summed E-state index contributed by atoms with van der Waals surface area (Å²) in [6.45, 7) is 1.67. The highest BCUT2D eigenvalue weighted by Gasteiger charge is 2.21. The van der Waals surface area contributed by atoms with Gasteiger partial charge in [0.2, 0.25) is 0 Å². The van der Waals surface area contributed by atoms with Crippen LogP contribution in [0.2, 0.25) is 0 Å². The van der Waals surface area contributed by atoms with E-state index in [1.165, 1.54) is 6.08 Å². The zero-order chi connectivity index (χ0) is 23.4. The molecular formula is C27H25N3O3. The maximum absolute atomic E-state index is 12.5. The largest absolute Gasteiger partial charge is 0.480 e. The number of carbonyl (C=O) groups excluding carboxylic acids is 1. The van der Waals surface area contributed by atoms with Crippen LogP contribution in [0.4, 0.5) is 0 Å². The minimum atomic E-state index is -1.11. The number of hydrogen-bond donors (Lipinski definition) is 2. The van der Waals surface area contributed by atoms with E-state index in [1.54, 1.807) is 17.7 Å². The van der Waals surface area contributed by atoms with Crippen molar-refractivity contribution in [2.24, 2.45) is 11.7 Å². The fraction of sp³-hybridized carbons (Fsp3) is 0.148. The number of ketones is 1. The normalized spacial score (nSPS) is 13.3. The minimum absolute atomic E-state index is 0.0576. The van der Waals surface area contributed by atoms with Crippen molar-refractivity contribution < 1.29 is 14.7 Å². The van der Waals surface area contributed by atoms with Crippen molar-refractivity contribution in [1.82, 2.24) is 9.78 Å². The molecular weight excluding hydrogens is 414 g/mol. The molecule has 4 aromatic rings. The highest BCUT2D eigenvalue weighted by molar-refractivity contribution is 5.95. The Morgan fingerprint density at radius 1 is 1.03 bits per heavy atom. The molecule has 0 saturated heterocycles. The number of para-hydroxylation sites is 1. The number of nitrogens with two attached hydrogens (primary N) is 1. The van der Waals surface area contributed by atoms with Crippen LogP contribution >= 0.6 is 0 Å². The zero-order valence-corrected chi connectivity index (χ0v) is 18.3. The fourth-order valence-corrected chi connectivity index (χ4v) is 3.72. The Balaban J connectivity index is 1.68. The van der Waals surface area contributed by atoms with E-state index in [9.17, 15) is 9.59 Å². The van der Waals surface area contributed by atoms with E-state index in [1.807, 2.05) is 54.7 Å². The quantitative estimate of drug-likeness (QED) is 0.387. The number of hydrogen-bond acceptors (Lipinski definition) is 4. The molecule has 6 heteroatoms. The number of nitrogens with zero attached hydrogens (tertiary/aromatic N) is 2. The predicted octanol–water partition coefficient (Wildman–Crippen LogP) is 4.71. The number of aromatic nitrogens is 2. The average Bonchev–Trinajstić information content (AvgIpc) is 3.26. The number of aliphatic carboxylic acids is 1. The van der Waals surface area contributed by atoms with Crippen LogP contribution in [0.5, 0.6) is 0 Å². The summed E-state index contributed by atoms with van der Waals surface area (Å²) in [5.74, 6) is -1.76. The van der Waals surface area contributed by atoms with Crippen molar-refractivity contribution in [3.63, 3.8) is 0 Å². The monoisotopic (exact) mass is 439 g/mol. The first kappa shape index (κ1) is 22.2. The number of allylic oxidation sites excluding steroid dienone is 1. The summed E-state index contributed by atoms with van der Waals surface area (Å²) < 4.78 is 1.79. The van der Waals surface area contributed by atoms with Gasteiger partial charge in [-0.15, -0.1) is 0 Å². The number of fused-ring (bicyclic) bond motifs is 1. The highest BCUT2D eigenvalue weighted by atomic mass is 16.4. The molecule has 1 unspecified atom stereocenters. The van der Waals surface area contributed by atoms with Gasteiger partial charge in [-0.05, 0) is 47.0 Å². The molecule has 2 atom stereocenters. The molecule has 0 bridgehead atoms. The molecule has 0 amide bonds.